The highest BCUT2D eigenvalue weighted by atomic mass is 35.5. The Balaban J connectivity index is 1.87. The molecular weight excluding hydrogens is 302 g/mol. The minimum absolute atomic E-state index is 0.0347. The highest BCUT2D eigenvalue weighted by Gasteiger charge is 2.41. The van der Waals surface area contributed by atoms with Gasteiger partial charge in [-0.1, -0.05) is 11.6 Å². The number of ether oxygens (including phenoxy) is 1. The summed E-state index contributed by atoms with van der Waals surface area (Å²) in [5, 5.41) is 0.130. The first-order chi connectivity index (χ1) is 9.50. The van der Waals surface area contributed by atoms with Crippen molar-refractivity contribution in [3.63, 3.8) is 0 Å². The van der Waals surface area contributed by atoms with Crippen LogP contribution in [0.1, 0.15) is 19.3 Å². The number of nitrogens with zero attached hydrogens (tertiary/aromatic N) is 3. The van der Waals surface area contributed by atoms with E-state index in [1.54, 1.807) is 11.4 Å². The molecule has 0 amide bonds. The summed E-state index contributed by atoms with van der Waals surface area (Å²) in [4.78, 5) is 3.96. The second-order valence-corrected chi connectivity index (χ2v) is 7.65. The van der Waals surface area contributed by atoms with E-state index in [1.165, 1.54) is 10.9 Å². The van der Waals surface area contributed by atoms with Crippen LogP contribution in [0.25, 0.3) is 0 Å². The Bertz CT molecular complexity index is 591. The molecule has 1 aromatic heterocycles. The van der Waals surface area contributed by atoms with Gasteiger partial charge in [0, 0.05) is 26.2 Å². The van der Waals surface area contributed by atoms with E-state index in [0.717, 1.165) is 19.3 Å². The first-order valence-electron chi connectivity index (χ1n) is 6.76. The van der Waals surface area contributed by atoms with Crippen molar-refractivity contribution >= 4 is 21.6 Å². The highest BCUT2D eigenvalue weighted by molar-refractivity contribution is 7.89. The second kappa shape index (κ2) is 5.29. The lowest BCUT2D eigenvalue weighted by molar-refractivity contribution is 0.180. The summed E-state index contributed by atoms with van der Waals surface area (Å²) in [6.07, 6.45) is 4.17. The van der Waals surface area contributed by atoms with Gasteiger partial charge in [-0.05, 0) is 25.2 Å². The van der Waals surface area contributed by atoms with E-state index in [-0.39, 0.29) is 22.1 Å². The Hall–Kier alpha value is -0.630. The Morgan fingerprint density at radius 2 is 2.25 bits per heavy atom. The number of sulfonamides is 1. The van der Waals surface area contributed by atoms with Gasteiger partial charge in [-0.2, -0.15) is 4.31 Å². The zero-order valence-electron chi connectivity index (χ0n) is 11.3. The van der Waals surface area contributed by atoms with E-state index in [4.69, 9.17) is 16.3 Å². The summed E-state index contributed by atoms with van der Waals surface area (Å²) >= 11 is 6.05. The standard InChI is InChI=1S/C12H18ClN3O3S/c1-15-8-14-12(11(15)13)20(17,18)16(10-2-3-10)6-9-4-5-19-7-9/h8-10H,2-7H2,1H3. The van der Waals surface area contributed by atoms with Gasteiger partial charge in [-0.25, -0.2) is 13.4 Å². The fourth-order valence-electron chi connectivity index (χ4n) is 2.47. The molecule has 1 aliphatic heterocycles. The maximum absolute atomic E-state index is 12.8. The summed E-state index contributed by atoms with van der Waals surface area (Å²) in [7, 11) is -1.94. The number of rotatable bonds is 5. The molecular formula is C12H18ClN3O3S. The Morgan fingerprint density at radius 1 is 1.50 bits per heavy atom. The van der Waals surface area contributed by atoms with Gasteiger partial charge >= 0.3 is 0 Å². The molecule has 20 heavy (non-hydrogen) atoms. The third kappa shape index (κ3) is 2.59. The van der Waals surface area contributed by atoms with E-state index in [9.17, 15) is 8.42 Å². The summed E-state index contributed by atoms with van der Waals surface area (Å²) in [5.74, 6) is 0.271. The molecule has 1 saturated carbocycles. The second-order valence-electron chi connectivity index (χ2n) is 5.49. The van der Waals surface area contributed by atoms with Gasteiger partial charge in [0.25, 0.3) is 10.0 Å². The fourth-order valence-corrected chi connectivity index (χ4v) is 4.62. The van der Waals surface area contributed by atoms with Crippen molar-refractivity contribution in [2.45, 2.75) is 30.3 Å². The third-order valence-electron chi connectivity index (χ3n) is 3.80. The predicted octanol–water partition coefficient (Wildman–Crippen LogP) is 1.26. The van der Waals surface area contributed by atoms with Crippen molar-refractivity contribution < 1.29 is 13.2 Å². The first-order valence-corrected chi connectivity index (χ1v) is 8.58. The molecule has 3 rings (SSSR count). The molecule has 2 fully saturated rings. The molecule has 0 aromatic carbocycles. The number of imidazole rings is 1. The van der Waals surface area contributed by atoms with Crippen LogP contribution >= 0.6 is 11.6 Å². The van der Waals surface area contributed by atoms with E-state index in [2.05, 4.69) is 4.98 Å². The monoisotopic (exact) mass is 319 g/mol. The van der Waals surface area contributed by atoms with Crippen molar-refractivity contribution in [2.75, 3.05) is 19.8 Å². The summed E-state index contributed by atoms with van der Waals surface area (Å²) < 4.78 is 33.9. The van der Waals surface area contributed by atoms with Gasteiger partial charge in [-0.3, -0.25) is 0 Å². The number of halogens is 1. The topological polar surface area (TPSA) is 64.4 Å². The molecule has 112 valence electrons. The number of aryl methyl sites for hydroxylation is 1. The molecule has 1 saturated heterocycles. The lowest BCUT2D eigenvalue weighted by Gasteiger charge is -2.23. The van der Waals surface area contributed by atoms with Gasteiger partial charge in [0.05, 0.1) is 12.9 Å². The molecule has 2 heterocycles. The van der Waals surface area contributed by atoms with E-state index in [0.29, 0.717) is 19.8 Å². The fraction of sp³-hybridized carbons (Fsp3) is 0.750. The summed E-state index contributed by atoms with van der Waals surface area (Å²) in [6, 6.07) is 0.0960. The Labute approximate surface area is 123 Å². The Kier molecular flexibility index (Phi) is 3.79. The molecule has 6 nitrogen and oxygen atoms in total. The van der Waals surface area contributed by atoms with Gasteiger partial charge in [0.1, 0.15) is 5.15 Å². The molecule has 0 spiro atoms. The van der Waals surface area contributed by atoms with Crippen LogP contribution in [-0.4, -0.2) is 48.1 Å². The molecule has 0 bridgehead atoms. The molecule has 8 heteroatoms. The minimum atomic E-state index is -3.62. The van der Waals surface area contributed by atoms with Crippen molar-refractivity contribution in [3.8, 4) is 0 Å². The predicted molar refractivity (Wildman–Crippen MR) is 74.1 cm³/mol. The van der Waals surface area contributed by atoms with Gasteiger partial charge in [0.2, 0.25) is 5.03 Å². The smallest absolute Gasteiger partial charge is 0.263 e. The molecule has 1 unspecified atom stereocenters. The van der Waals surface area contributed by atoms with Crippen molar-refractivity contribution in [1.82, 2.24) is 13.9 Å². The molecule has 1 aliphatic carbocycles. The van der Waals surface area contributed by atoms with Crippen LogP contribution in [-0.2, 0) is 21.8 Å². The van der Waals surface area contributed by atoms with Gasteiger partial charge in [0.15, 0.2) is 0 Å². The van der Waals surface area contributed by atoms with Crippen molar-refractivity contribution in [3.05, 3.63) is 11.5 Å². The number of hydrogen-bond acceptors (Lipinski definition) is 4. The molecule has 2 aliphatic rings. The number of aromatic nitrogens is 2. The van der Waals surface area contributed by atoms with Crippen LogP contribution in [0.4, 0.5) is 0 Å². The molecule has 1 atom stereocenters. The quantitative estimate of drug-likeness (QED) is 0.819. The van der Waals surface area contributed by atoms with Crippen LogP contribution in [0.3, 0.4) is 0 Å². The van der Waals surface area contributed by atoms with Crippen LogP contribution < -0.4 is 0 Å². The largest absolute Gasteiger partial charge is 0.381 e. The van der Waals surface area contributed by atoms with Crippen LogP contribution in [0.15, 0.2) is 11.4 Å². The van der Waals surface area contributed by atoms with Crippen LogP contribution in [0.2, 0.25) is 5.15 Å². The lowest BCUT2D eigenvalue weighted by Crippen LogP contribution is -2.37. The van der Waals surface area contributed by atoms with Gasteiger partial charge in [-0.15, -0.1) is 0 Å². The normalized spacial score (nSPS) is 23.6. The van der Waals surface area contributed by atoms with E-state index < -0.39 is 10.0 Å². The maximum atomic E-state index is 12.8. The van der Waals surface area contributed by atoms with Crippen LogP contribution in [0, 0.1) is 5.92 Å². The van der Waals surface area contributed by atoms with Crippen molar-refractivity contribution in [1.29, 1.82) is 0 Å². The first kappa shape index (κ1) is 14.3. The number of hydrogen-bond donors (Lipinski definition) is 0. The molecule has 1 aromatic rings. The molecule has 0 radical (unpaired) electrons. The van der Waals surface area contributed by atoms with E-state index >= 15 is 0 Å². The van der Waals surface area contributed by atoms with E-state index in [1.807, 2.05) is 0 Å². The average Bonchev–Trinajstić information content (AvgIpc) is 2.99. The zero-order chi connectivity index (χ0) is 14.3. The van der Waals surface area contributed by atoms with Crippen molar-refractivity contribution in [2.24, 2.45) is 13.0 Å². The average molecular weight is 320 g/mol. The lowest BCUT2D eigenvalue weighted by atomic mass is 10.1. The third-order valence-corrected chi connectivity index (χ3v) is 6.21. The summed E-state index contributed by atoms with van der Waals surface area (Å²) in [6.45, 7) is 1.85. The Morgan fingerprint density at radius 3 is 2.75 bits per heavy atom. The summed E-state index contributed by atoms with van der Waals surface area (Å²) in [5.41, 5.74) is 0. The maximum Gasteiger partial charge on any atom is 0.263 e. The van der Waals surface area contributed by atoms with Gasteiger partial charge < -0.3 is 9.30 Å². The zero-order valence-corrected chi connectivity index (χ0v) is 12.9. The van der Waals surface area contributed by atoms with Crippen LogP contribution in [0.5, 0.6) is 0 Å². The molecule has 0 N–H and O–H groups in total. The minimum Gasteiger partial charge on any atom is -0.381 e. The highest BCUT2D eigenvalue weighted by Crippen LogP contribution is 2.35. The SMILES string of the molecule is Cn1cnc(S(=O)(=O)N(CC2CCOC2)C2CC2)c1Cl.